The number of amides is 2. The summed E-state index contributed by atoms with van der Waals surface area (Å²) in [5.41, 5.74) is 7.84. The molecule has 3 N–H and O–H groups in total. The molecule has 1 aliphatic rings. The Hall–Kier alpha value is -2.37. The minimum Gasteiger partial charge on any atom is -0.344 e. The third-order valence-corrected chi connectivity index (χ3v) is 4.24. The Morgan fingerprint density at radius 1 is 1.12 bits per heavy atom. The van der Waals surface area contributed by atoms with Gasteiger partial charge in [0.1, 0.15) is 6.04 Å². The quantitative estimate of drug-likeness (QED) is 0.860. The number of nitrogens with zero attached hydrogens (tertiary/aromatic N) is 1. The Labute approximate surface area is 153 Å². The molecule has 1 heterocycles. The smallest absolute Gasteiger partial charge is 0.249 e. The number of hydrogen-bond donors (Lipinski definition) is 2. The Kier molecular flexibility index (Phi) is 6.56. The van der Waals surface area contributed by atoms with Crippen molar-refractivity contribution in [2.75, 3.05) is 11.4 Å². The van der Waals surface area contributed by atoms with Crippen molar-refractivity contribution in [3.8, 4) is 0 Å². The van der Waals surface area contributed by atoms with Gasteiger partial charge < -0.3 is 16.0 Å². The molecule has 132 valence electrons. The average Bonchev–Trinajstić information content (AvgIpc) is 2.97. The molecule has 1 aliphatic heterocycles. The highest BCUT2D eigenvalue weighted by molar-refractivity contribution is 6.01. The maximum atomic E-state index is 12.5. The summed E-state index contributed by atoms with van der Waals surface area (Å²) in [5.74, 6) is -0.262. The second-order valence-corrected chi connectivity index (χ2v) is 5.96. The molecule has 2 aromatic rings. The SMILES string of the molecule is Cl.NC(CC(=O)NC1CCN(c2ccccc2)C1=O)c1ccccc1. The van der Waals surface area contributed by atoms with E-state index in [0.717, 1.165) is 11.3 Å². The first-order chi connectivity index (χ1) is 11.6. The van der Waals surface area contributed by atoms with E-state index in [-0.39, 0.29) is 36.7 Å². The number of hydrogen-bond acceptors (Lipinski definition) is 3. The number of nitrogens with one attached hydrogen (secondary N) is 1. The van der Waals surface area contributed by atoms with Crippen molar-refractivity contribution in [2.24, 2.45) is 5.73 Å². The molecular formula is C19H22ClN3O2. The first kappa shape index (κ1) is 19.0. The van der Waals surface area contributed by atoms with Gasteiger partial charge in [-0.2, -0.15) is 0 Å². The molecule has 1 saturated heterocycles. The lowest BCUT2D eigenvalue weighted by atomic mass is 10.0. The van der Waals surface area contributed by atoms with Crippen molar-refractivity contribution in [1.82, 2.24) is 5.32 Å². The van der Waals surface area contributed by atoms with Crippen LogP contribution in [-0.4, -0.2) is 24.4 Å². The normalized spacial score (nSPS) is 17.7. The van der Waals surface area contributed by atoms with Crippen molar-refractivity contribution in [3.05, 3.63) is 66.2 Å². The molecule has 2 unspecified atom stereocenters. The predicted molar refractivity (Wildman–Crippen MR) is 101 cm³/mol. The van der Waals surface area contributed by atoms with Gasteiger partial charge in [-0.1, -0.05) is 48.5 Å². The van der Waals surface area contributed by atoms with Crippen LogP contribution in [0.15, 0.2) is 60.7 Å². The summed E-state index contributed by atoms with van der Waals surface area (Å²) in [4.78, 5) is 26.4. The highest BCUT2D eigenvalue weighted by Crippen LogP contribution is 2.21. The number of para-hydroxylation sites is 1. The number of halogens is 1. The molecule has 2 aromatic carbocycles. The summed E-state index contributed by atoms with van der Waals surface area (Å²) in [6.07, 6.45) is 0.777. The van der Waals surface area contributed by atoms with Crippen LogP contribution in [0.4, 0.5) is 5.69 Å². The van der Waals surface area contributed by atoms with Crippen LogP contribution in [0.5, 0.6) is 0 Å². The maximum Gasteiger partial charge on any atom is 0.249 e. The summed E-state index contributed by atoms with van der Waals surface area (Å²) >= 11 is 0. The van der Waals surface area contributed by atoms with Gasteiger partial charge in [-0.25, -0.2) is 0 Å². The second kappa shape index (κ2) is 8.65. The summed E-state index contributed by atoms with van der Waals surface area (Å²) in [7, 11) is 0. The zero-order valence-corrected chi connectivity index (χ0v) is 14.6. The minimum absolute atomic E-state index is 0. The number of anilines is 1. The van der Waals surface area contributed by atoms with E-state index in [1.165, 1.54) is 0 Å². The lowest BCUT2D eigenvalue weighted by molar-refractivity contribution is -0.126. The van der Waals surface area contributed by atoms with Gasteiger partial charge in [-0.05, 0) is 24.1 Å². The van der Waals surface area contributed by atoms with Crippen LogP contribution >= 0.6 is 12.4 Å². The molecule has 3 rings (SSSR count). The molecule has 2 atom stereocenters. The van der Waals surface area contributed by atoms with Crippen LogP contribution < -0.4 is 16.0 Å². The van der Waals surface area contributed by atoms with E-state index in [4.69, 9.17) is 5.73 Å². The predicted octanol–water partition coefficient (Wildman–Crippen LogP) is 2.42. The van der Waals surface area contributed by atoms with E-state index in [0.29, 0.717) is 13.0 Å². The maximum absolute atomic E-state index is 12.5. The largest absolute Gasteiger partial charge is 0.344 e. The molecule has 2 amide bonds. The number of benzene rings is 2. The van der Waals surface area contributed by atoms with Gasteiger partial charge in [-0.3, -0.25) is 9.59 Å². The number of nitrogens with two attached hydrogens (primary N) is 1. The molecule has 0 saturated carbocycles. The third-order valence-electron chi connectivity index (χ3n) is 4.24. The van der Waals surface area contributed by atoms with Gasteiger partial charge in [0.2, 0.25) is 11.8 Å². The van der Waals surface area contributed by atoms with E-state index in [9.17, 15) is 9.59 Å². The minimum atomic E-state index is -0.472. The molecule has 5 nitrogen and oxygen atoms in total. The van der Waals surface area contributed by atoms with Crippen molar-refractivity contribution < 1.29 is 9.59 Å². The fraction of sp³-hybridized carbons (Fsp3) is 0.263. The summed E-state index contributed by atoms with van der Waals surface area (Å²) < 4.78 is 0. The molecule has 0 bridgehead atoms. The van der Waals surface area contributed by atoms with E-state index in [2.05, 4.69) is 5.32 Å². The fourth-order valence-electron chi connectivity index (χ4n) is 2.95. The highest BCUT2D eigenvalue weighted by Gasteiger charge is 2.33. The summed E-state index contributed by atoms with van der Waals surface area (Å²) in [5, 5.41) is 2.82. The van der Waals surface area contributed by atoms with Crippen LogP contribution in [-0.2, 0) is 9.59 Å². The molecular weight excluding hydrogens is 338 g/mol. The van der Waals surface area contributed by atoms with E-state index in [1.54, 1.807) is 4.90 Å². The topological polar surface area (TPSA) is 75.4 Å². The second-order valence-electron chi connectivity index (χ2n) is 5.96. The highest BCUT2D eigenvalue weighted by atomic mass is 35.5. The molecule has 1 fully saturated rings. The summed E-state index contributed by atoms with van der Waals surface area (Å²) in [6, 6.07) is 18.2. The fourth-order valence-corrected chi connectivity index (χ4v) is 2.95. The Morgan fingerprint density at radius 3 is 2.36 bits per heavy atom. The van der Waals surface area contributed by atoms with Gasteiger partial charge in [0, 0.05) is 24.7 Å². The molecule has 6 heteroatoms. The first-order valence-corrected chi connectivity index (χ1v) is 8.11. The zero-order valence-electron chi connectivity index (χ0n) is 13.8. The zero-order chi connectivity index (χ0) is 16.9. The van der Waals surface area contributed by atoms with Gasteiger partial charge in [-0.15, -0.1) is 12.4 Å². The van der Waals surface area contributed by atoms with E-state index >= 15 is 0 Å². The van der Waals surface area contributed by atoms with E-state index in [1.807, 2.05) is 60.7 Å². The van der Waals surface area contributed by atoms with Crippen molar-refractivity contribution in [3.63, 3.8) is 0 Å². The molecule has 0 aliphatic carbocycles. The van der Waals surface area contributed by atoms with Crippen LogP contribution in [0.1, 0.15) is 24.4 Å². The van der Waals surface area contributed by atoms with Crippen molar-refractivity contribution in [2.45, 2.75) is 24.9 Å². The third kappa shape index (κ3) is 4.59. The Morgan fingerprint density at radius 2 is 1.72 bits per heavy atom. The van der Waals surface area contributed by atoms with Crippen LogP contribution in [0.3, 0.4) is 0 Å². The van der Waals surface area contributed by atoms with Crippen LogP contribution in [0, 0.1) is 0 Å². The lowest BCUT2D eigenvalue weighted by Gasteiger charge is -2.18. The Balaban J connectivity index is 0.00000225. The van der Waals surface area contributed by atoms with Gasteiger partial charge in [0.05, 0.1) is 0 Å². The van der Waals surface area contributed by atoms with Crippen LogP contribution in [0.2, 0.25) is 0 Å². The Bertz CT molecular complexity index is 709. The monoisotopic (exact) mass is 359 g/mol. The molecule has 25 heavy (non-hydrogen) atoms. The molecule has 0 spiro atoms. The standard InChI is InChI=1S/C19H21N3O2.ClH/c20-16(14-7-3-1-4-8-14)13-18(23)21-17-11-12-22(19(17)24)15-9-5-2-6-10-15;/h1-10,16-17H,11-13,20H2,(H,21,23);1H. The van der Waals surface area contributed by atoms with Crippen LogP contribution in [0.25, 0.3) is 0 Å². The summed E-state index contributed by atoms with van der Waals surface area (Å²) in [6.45, 7) is 0.610. The first-order valence-electron chi connectivity index (χ1n) is 8.11. The van der Waals surface area contributed by atoms with E-state index < -0.39 is 6.04 Å². The van der Waals surface area contributed by atoms with Gasteiger partial charge in [0.15, 0.2) is 0 Å². The lowest BCUT2D eigenvalue weighted by Crippen LogP contribution is -2.42. The number of carbonyl (C=O) groups is 2. The van der Waals surface area contributed by atoms with Gasteiger partial charge >= 0.3 is 0 Å². The number of rotatable bonds is 5. The molecule has 0 radical (unpaired) electrons. The number of carbonyl (C=O) groups excluding carboxylic acids is 2. The average molecular weight is 360 g/mol. The van der Waals surface area contributed by atoms with Crippen molar-refractivity contribution in [1.29, 1.82) is 0 Å². The molecule has 0 aromatic heterocycles. The van der Waals surface area contributed by atoms with Gasteiger partial charge in [0.25, 0.3) is 0 Å². The van der Waals surface area contributed by atoms with Crippen molar-refractivity contribution >= 4 is 29.9 Å².